The number of para-hydroxylation sites is 1. The second kappa shape index (κ2) is 34.9. The number of hydrogen-bond donors (Lipinski definition) is 12. The minimum atomic E-state index is -1.74. The Morgan fingerprint density at radius 2 is 0.957 bits per heavy atom. The van der Waals surface area contributed by atoms with E-state index in [-0.39, 0.29) is 12.8 Å². The van der Waals surface area contributed by atoms with Crippen molar-refractivity contribution < 1.29 is 91.1 Å². The predicted octanol–water partition coefficient (Wildman–Crippen LogP) is 1.01. The lowest BCUT2D eigenvalue weighted by Crippen LogP contribution is -2.63. The number of aromatic amines is 1. The maximum Gasteiger partial charge on any atom is 0.329 e. The van der Waals surface area contributed by atoms with Crippen molar-refractivity contribution in [2.24, 2.45) is 11.5 Å². The Bertz CT molecular complexity index is 2930. The zero-order chi connectivity index (χ0) is 71.4. The van der Waals surface area contributed by atoms with Crippen LogP contribution in [0.1, 0.15) is 163 Å². The number of carbonyl (C=O) groups excluding carboxylic acids is 11. The van der Waals surface area contributed by atoms with Crippen LogP contribution in [0.2, 0.25) is 0 Å². The number of H-pyrrole nitrogens is 1. The second-order valence-electron chi connectivity index (χ2n) is 28.4. The Balaban J connectivity index is 2.62. The summed E-state index contributed by atoms with van der Waals surface area (Å²) in [6.45, 7) is 28.5. The van der Waals surface area contributed by atoms with E-state index in [1.165, 1.54) is 6.92 Å². The van der Waals surface area contributed by atoms with Gasteiger partial charge in [0.25, 0.3) is 0 Å². The molecule has 0 fully saturated rings. The summed E-state index contributed by atoms with van der Waals surface area (Å²) in [5.41, 5.74) is 6.87. The molecule has 2 aromatic rings. The van der Waals surface area contributed by atoms with E-state index in [0.29, 0.717) is 16.5 Å². The van der Waals surface area contributed by atoms with Crippen LogP contribution in [0.3, 0.4) is 0 Å². The Morgan fingerprint density at radius 3 is 1.41 bits per heavy atom. The highest BCUT2D eigenvalue weighted by Gasteiger charge is 2.39. The molecule has 2 rings (SSSR count). The third-order valence-corrected chi connectivity index (χ3v) is 12.6. The molecule has 524 valence electrons. The van der Waals surface area contributed by atoms with Crippen LogP contribution in [0.15, 0.2) is 30.5 Å². The fourth-order valence-electron chi connectivity index (χ4n) is 8.38. The van der Waals surface area contributed by atoms with Crippen LogP contribution in [-0.2, 0) is 92.4 Å². The van der Waals surface area contributed by atoms with Gasteiger partial charge in [0.15, 0.2) is 0 Å². The summed E-state index contributed by atoms with van der Waals surface area (Å²) in [7, 11) is 0. The van der Waals surface area contributed by atoms with Gasteiger partial charge in [0.05, 0.1) is 73.8 Å². The Kier molecular flexibility index (Phi) is 30.5. The third-order valence-electron chi connectivity index (χ3n) is 12.6. The van der Waals surface area contributed by atoms with Crippen LogP contribution in [0.5, 0.6) is 0 Å². The topological polar surface area (TPSA) is 445 Å². The molecule has 1 aromatic carbocycles. The van der Waals surface area contributed by atoms with E-state index in [1.54, 1.807) is 155 Å². The molecule has 0 bridgehead atoms. The zero-order valence-corrected chi connectivity index (χ0v) is 57.4. The van der Waals surface area contributed by atoms with Crippen LogP contribution in [0.4, 0.5) is 0 Å². The number of esters is 2. The molecular formula is C63H103N11O19. The van der Waals surface area contributed by atoms with E-state index in [9.17, 15) is 62.6 Å². The summed E-state index contributed by atoms with van der Waals surface area (Å²) < 4.78 is 34.9. The van der Waals surface area contributed by atoms with Crippen molar-refractivity contribution in [3.05, 3.63) is 36.0 Å². The summed E-state index contributed by atoms with van der Waals surface area (Å²) in [6, 6.07) is -5.65. The number of carboxylic acids is 1. The number of carboxylic acid groups (broad SMARTS) is 1. The number of nitrogens with two attached hydrogens (primary N) is 2. The highest BCUT2D eigenvalue weighted by Crippen LogP contribution is 2.21. The average Bonchev–Trinajstić information content (AvgIpc) is 1.77. The number of carbonyl (C=O) groups is 12. The average molecular weight is 1320 g/mol. The van der Waals surface area contributed by atoms with Crippen LogP contribution >= 0.6 is 0 Å². The van der Waals surface area contributed by atoms with Crippen molar-refractivity contribution in [3.8, 4) is 0 Å². The Morgan fingerprint density at radius 1 is 0.516 bits per heavy atom. The van der Waals surface area contributed by atoms with Gasteiger partial charge < -0.3 is 92.5 Å². The predicted molar refractivity (Wildman–Crippen MR) is 341 cm³/mol. The smallest absolute Gasteiger partial charge is 0.329 e. The monoisotopic (exact) mass is 1320 g/mol. The number of amides is 9. The molecular weight excluding hydrogens is 1210 g/mol. The van der Waals surface area contributed by atoms with Crippen molar-refractivity contribution in [3.63, 3.8) is 0 Å². The van der Waals surface area contributed by atoms with Gasteiger partial charge in [-0.3, -0.25) is 52.7 Å². The lowest BCUT2D eigenvalue weighted by Gasteiger charge is -2.33. The van der Waals surface area contributed by atoms with Crippen molar-refractivity contribution in [1.29, 1.82) is 0 Å². The number of benzene rings is 1. The van der Waals surface area contributed by atoms with E-state index >= 15 is 0 Å². The van der Waals surface area contributed by atoms with Gasteiger partial charge in [-0.25, -0.2) is 4.79 Å². The highest BCUT2D eigenvalue weighted by molar-refractivity contribution is 5.99. The number of ether oxygens (including phenoxy) is 6. The van der Waals surface area contributed by atoms with E-state index < -0.39 is 205 Å². The molecule has 0 aliphatic rings. The first-order valence-electron chi connectivity index (χ1n) is 30.7. The maximum atomic E-state index is 14.7. The SMILES string of the molecule is C[C@@H](OC(C)(C)C)[C@H](NC(=O)[C@H](COC(C)(C)C)NC(=O)[C@H](COC(C)(C)C)NC(=O)[C@H](COC(C)(C)C)NC(=O)[C@H](CC(=O)OC(C)(C)C)NC(=O)[C@@H](N)CCC(=O)O)C(=O)NCC(=O)N[C@@H](Cc1c[nH]c2ccccc12)C(=O)N[C@@H](CC(N)=O)C(=O)OC(C)(C)C. The molecule has 9 amide bonds. The summed E-state index contributed by atoms with van der Waals surface area (Å²) in [5.74, 6) is -12.1. The second-order valence-corrected chi connectivity index (χ2v) is 28.4. The van der Waals surface area contributed by atoms with Gasteiger partial charge in [0.1, 0.15) is 53.5 Å². The fourth-order valence-corrected chi connectivity index (χ4v) is 8.38. The molecule has 0 radical (unpaired) electrons. The summed E-state index contributed by atoms with van der Waals surface area (Å²) in [4.78, 5) is 167. The summed E-state index contributed by atoms with van der Waals surface area (Å²) in [6.07, 6.45) is -1.92. The van der Waals surface area contributed by atoms with Crippen molar-refractivity contribution in [2.75, 3.05) is 26.4 Å². The summed E-state index contributed by atoms with van der Waals surface area (Å²) in [5, 5.41) is 30.0. The normalized spacial score (nSPS) is 15.2. The molecule has 0 saturated heterocycles. The summed E-state index contributed by atoms with van der Waals surface area (Å²) >= 11 is 0. The lowest BCUT2D eigenvalue weighted by atomic mass is 10.0. The first kappa shape index (κ1) is 81.3. The van der Waals surface area contributed by atoms with Gasteiger partial charge in [0.2, 0.25) is 53.2 Å². The van der Waals surface area contributed by atoms with Crippen molar-refractivity contribution in [1.82, 2.24) is 47.5 Å². The number of fused-ring (bicyclic) bond motifs is 1. The number of primary amides is 1. The third kappa shape index (κ3) is 33.1. The van der Waals surface area contributed by atoms with Gasteiger partial charge in [-0.05, 0) is 150 Å². The molecule has 30 nitrogen and oxygen atoms in total. The quantitative estimate of drug-likeness (QED) is 0.0435. The molecule has 9 atom stereocenters. The molecule has 1 aromatic heterocycles. The number of nitrogens with one attached hydrogen (secondary N) is 9. The van der Waals surface area contributed by atoms with Crippen LogP contribution in [-0.4, -0.2) is 196 Å². The Hall–Kier alpha value is -7.80. The van der Waals surface area contributed by atoms with Crippen LogP contribution in [0, 0.1) is 0 Å². The Labute approximate surface area is 544 Å². The van der Waals surface area contributed by atoms with E-state index in [0.717, 1.165) is 0 Å². The van der Waals surface area contributed by atoms with Gasteiger partial charge in [-0.2, -0.15) is 0 Å². The van der Waals surface area contributed by atoms with Crippen molar-refractivity contribution >= 4 is 82.0 Å². The largest absolute Gasteiger partial charge is 0.481 e. The van der Waals surface area contributed by atoms with Gasteiger partial charge in [-0.15, -0.1) is 0 Å². The van der Waals surface area contributed by atoms with Crippen LogP contribution < -0.4 is 54.0 Å². The molecule has 0 spiro atoms. The highest BCUT2D eigenvalue weighted by atomic mass is 16.6. The molecule has 0 aliphatic heterocycles. The maximum absolute atomic E-state index is 14.7. The molecule has 93 heavy (non-hydrogen) atoms. The standard InChI is InChI=1S/C63H103N11O19/c1-34(91-61(11,12)13)49(56(86)67-30-46(76)68-39(26-35-29-66-38-23-21-20-22-36(35)38)51(81)70-41(27-45(65)75)57(87)93-63(17,18)19)74-55(85)44(33-90-60(8,9)10)73-54(84)43(32-89-59(5,6)7)72-53(83)42(31-88-58(2,3)4)71-52(82)40(28-48(79)92-62(14,15)16)69-50(80)37(64)24-25-47(77)78/h20-23,29,34,37,39-44,49,66H,24-28,30-33,64H2,1-19H3,(H2,65,75)(H,67,86)(H,68,76)(H,69,80)(H,70,81)(H,71,82)(H,72,83)(H,73,84)(H,74,85)(H,77,78)/t34-,37+,39+,40+,41+,42+,43+,44+,49+/m1/s1. The fraction of sp³-hybridized carbons (Fsp3) is 0.683. The van der Waals surface area contributed by atoms with Gasteiger partial charge in [0, 0.05) is 29.9 Å². The van der Waals surface area contributed by atoms with E-state index in [1.807, 2.05) is 0 Å². The van der Waals surface area contributed by atoms with E-state index in [2.05, 4.69) is 47.5 Å². The number of aromatic nitrogens is 1. The molecule has 0 aliphatic carbocycles. The zero-order valence-electron chi connectivity index (χ0n) is 57.4. The molecule has 0 saturated carbocycles. The molecule has 14 N–H and O–H groups in total. The molecule has 30 heteroatoms. The van der Waals surface area contributed by atoms with E-state index in [4.69, 9.17) is 39.9 Å². The number of hydrogen-bond acceptors (Lipinski definition) is 19. The number of aliphatic carboxylic acids is 1. The minimum Gasteiger partial charge on any atom is -0.481 e. The van der Waals surface area contributed by atoms with Crippen LogP contribution in [0.25, 0.3) is 10.9 Å². The minimum absolute atomic E-state index is 0.157. The molecule has 0 unspecified atom stereocenters. The lowest BCUT2D eigenvalue weighted by molar-refractivity contribution is -0.159. The van der Waals surface area contributed by atoms with Crippen molar-refractivity contribution in [2.45, 2.75) is 252 Å². The first-order valence-corrected chi connectivity index (χ1v) is 30.7. The van der Waals surface area contributed by atoms with Gasteiger partial charge >= 0.3 is 17.9 Å². The molecule has 1 heterocycles. The first-order chi connectivity index (χ1) is 42.4. The van der Waals surface area contributed by atoms with Gasteiger partial charge in [-0.1, -0.05) is 18.2 Å². The number of rotatable bonds is 34.